The molecule has 0 unspecified atom stereocenters. The predicted molar refractivity (Wildman–Crippen MR) is 89.0 cm³/mol. The van der Waals surface area contributed by atoms with Gasteiger partial charge in [-0.25, -0.2) is 9.18 Å². The number of halogens is 3. The van der Waals surface area contributed by atoms with Crippen LogP contribution in [-0.2, 0) is 11.3 Å². The fraction of sp³-hybridized carbons (Fsp3) is 0.118. The lowest BCUT2D eigenvalue weighted by molar-refractivity contribution is 0.0556. The van der Waals surface area contributed by atoms with Gasteiger partial charge < -0.3 is 9.47 Å². The molecule has 0 aliphatic rings. The Balaban J connectivity index is 2.06. The zero-order valence-electron chi connectivity index (χ0n) is 11.8. The topological polar surface area (TPSA) is 35.5 Å². The molecule has 118 valence electrons. The van der Waals surface area contributed by atoms with Crippen LogP contribution in [-0.4, -0.2) is 12.6 Å². The molecule has 0 aliphatic heterocycles. The number of ether oxygens (including phenoxy) is 2. The minimum atomic E-state index is -0.517. The Labute approximate surface area is 146 Å². The van der Waals surface area contributed by atoms with E-state index in [9.17, 15) is 9.18 Å². The molecule has 0 saturated heterocycles. The molecule has 0 bridgehead atoms. The summed E-state index contributed by atoms with van der Waals surface area (Å²) in [4.78, 5) is 11.7. The zero-order chi connectivity index (χ0) is 16.8. The van der Waals surface area contributed by atoms with Gasteiger partial charge in [-0.15, -0.1) is 6.42 Å². The van der Waals surface area contributed by atoms with Crippen LogP contribution in [0.1, 0.15) is 15.9 Å². The van der Waals surface area contributed by atoms with Crippen molar-refractivity contribution in [2.24, 2.45) is 0 Å². The lowest BCUT2D eigenvalue weighted by atomic mass is 10.2. The fourth-order valence-electron chi connectivity index (χ4n) is 1.73. The Bertz CT molecular complexity index is 771. The number of carbonyl (C=O) groups excluding carboxylic acids is 1. The third kappa shape index (κ3) is 4.72. The summed E-state index contributed by atoms with van der Waals surface area (Å²) in [6, 6.07) is 8.83. The summed E-state index contributed by atoms with van der Waals surface area (Å²) in [7, 11) is 0. The molecule has 0 amide bonds. The quantitative estimate of drug-likeness (QED) is 0.546. The van der Waals surface area contributed by atoms with Crippen LogP contribution in [0.15, 0.2) is 40.9 Å². The Morgan fingerprint density at radius 1 is 1.30 bits per heavy atom. The summed E-state index contributed by atoms with van der Waals surface area (Å²) in [6.07, 6.45) is 5.03. The second-order valence-electron chi connectivity index (χ2n) is 4.45. The molecule has 0 N–H and O–H groups in total. The van der Waals surface area contributed by atoms with Gasteiger partial charge in [0, 0.05) is 5.56 Å². The Hall–Kier alpha value is -2.03. The molecule has 2 aromatic carbocycles. The minimum absolute atomic E-state index is 0.0855. The van der Waals surface area contributed by atoms with E-state index in [1.807, 2.05) is 0 Å². The minimum Gasteiger partial charge on any atom is -0.488 e. The molecule has 2 aromatic rings. The number of esters is 1. The van der Waals surface area contributed by atoms with Crippen LogP contribution in [0.2, 0.25) is 5.02 Å². The third-order valence-electron chi connectivity index (χ3n) is 2.85. The molecule has 3 nitrogen and oxygen atoms in total. The van der Waals surface area contributed by atoms with Gasteiger partial charge in [0.1, 0.15) is 18.2 Å². The maximum atomic E-state index is 13.0. The van der Waals surface area contributed by atoms with Crippen molar-refractivity contribution >= 4 is 33.5 Å². The molecule has 0 saturated carbocycles. The summed E-state index contributed by atoms with van der Waals surface area (Å²) in [6.45, 7) is 0.0797. The van der Waals surface area contributed by atoms with Gasteiger partial charge in [-0.3, -0.25) is 0 Å². The Morgan fingerprint density at radius 3 is 2.74 bits per heavy atom. The molecule has 0 aromatic heterocycles. The molecule has 0 radical (unpaired) electrons. The molecule has 0 heterocycles. The normalized spacial score (nSPS) is 10.0. The van der Waals surface area contributed by atoms with Crippen LogP contribution in [0.3, 0.4) is 0 Å². The largest absolute Gasteiger partial charge is 0.488 e. The van der Waals surface area contributed by atoms with Crippen molar-refractivity contribution in [1.82, 2.24) is 0 Å². The van der Waals surface area contributed by atoms with E-state index in [-0.39, 0.29) is 18.2 Å². The first-order valence-corrected chi connectivity index (χ1v) is 7.65. The first-order valence-electron chi connectivity index (χ1n) is 6.48. The van der Waals surface area contributed by atoms with E-state index in [1.165, 1.54) is 12.1 Å². The highest BCUT2D eigenvalue weighted by Crippen LogP contribution is 2.28. The Morgan fingerprint density at radius 2 is 2.09 bits per heavy atom. The lowest BCUT2D eigenvalue weighted by Gasteiger charge is -2.10. The van der Waals surface area contributed by atoms with E-state index in [2.05, 4.69) is 21.9 Å². The van der Waals surface area contributed by atoms with Crippen molar-refractivity contribution in [1.29, 1.82) is 0 Å². The van der Waals surface area contributed by atoms with Crippen LogP contribution in [0.5, 0.6) is 5.75 Å². The molecule has 0 fully saturated rings. The highest BCUT2D eigenvalue weighted by molar-refractivity contribution is 9.10. The summed E-state index contributed by atoms with van der Waals surface area (Å²) in [5.41, 5.74) is 0.997. The van der Waals surface area contributed by atoms with Crippen LogP contribution >= 0.6 is 27.5 Å². The summed E-state index contributed by atoms with van der Waals surface area (Å²) < 4.78 is 24.0. The summed E-state index contributed by atoms with van der Waals surface area (Å²) in [5.74, 6) is 1.81. The molecule has 0 spiro atoms. The zero-order valence-corrected chi connectivity index (χ0v) is 14.2. The molecule has 2 rings (SSSR count). The number of hydrogen-bond acceptors (Lipinski definition) is 3. The van der Waals surface area contributed by atoms with E-state index in [0.717, 1.165) is 0 Å². The average Bonchev–Trinajstić information content (AvgIpc) is 2.52. The SMILES string of the molecule is C#CCOC(=O)c1ccc(OCc2ccc(F)cc2Cl)c(Br)c1. The number of rotatable bonds is 5. The van der Waals surface area contributed by atoms with E-state index >= 15 is 0 Å². The highest BCUT2D eigenvalue weighted by atomic mass is 79.9. The van der Waals surface area contributed by atoms with Gasteiger partial charge in [-0.1, -0.05) is 23.6 Å². The molecule has 23 heavy (non-hydrogen) atoms. The molecule has 0 atom stereocenters. The standard InChI is InChI=1S/C17H11BrClFO3/c1-2-7-22-17(21)11-4-6-16(14(18)8-11)23-10-12-3-5-13(20)9-15(12)19/h1,3-6,8-9H,7,10H2. The summed E-state index contributed by atoms with van der Waals surface area (Å²) in [5, 5.41) is 0.288. The Kier molecular flexibility index (Phi) is 6.03. The van der Waals surface area contributed by atoms with Crippen molar-refractivity contribution < 1.29 is 18.7 Å². The van der Waals surface area contributed by atoms with Crippen molar-refractivity contribution in [2.45, 2.75) is 6.61 Å². The van der Waals surface area contributed by atoms with Crippen LogP contribution in [0.4, 0.5) is 4.39 Å². The predicted octanol–water partition coefficient (Wildman–Crippen LogP) is 4.61. The maximum absolute atomic E-state index is 13.0. The van der Waals surface area contributed by atoms with Crippen molar-refractivity contribution in [3.63, 3.8) is 0 Å². The molecular formula is C17H11BrClFO3. The average molecular weight is 398 g/mol. The van der Waals surface area contributed by atoms with Gasteiger partial charge in [0.2, 0.25) is 0 Å². The summed E-state index contributed by atoms with van der Waals surface area (Å²) >= 11 is 9.26. The monoisotopic (exact) mass is 396 g/mol. The molecular weight excluding hydrogens is 387 g/mol. The number of carbonyl (C=O) groups is 1. The maximum Gasteiger partial charge on any atom is 0.339 e. The van der Waals surface area contributed by atoms with Gasteiger partial charge >= 0.3 is 5.97 Å². The smallest absolute Gasteiger partial charge is 0.339 e. The van der Waals surface area contributed by atoms with Gasteiger partial charge in [0.15, 0.2) is 6.61 Å². The fourth-order valence-corrected chi connectivity index (χ4v) is 2.44. The van der Waals surface area contributed by atoms with E-state index < -0.39 is 11.8 Å². The van der Waals surface area contributed by atoms with Crippen LogP contribution in [0.25, 0.3) is 0 Å². The molecule has 6 heteroatoms. The van der Waals surface area contributed by atoms with Crippen LogP contribution < -0.4 is 4.74 Å². The third-order valence-corrected chi connectivity index (χ3v) is 3.82. The van der Waals surface area contributed by atoms with E-state index in [0.29, 0.717) is 21.3 Å². The number of hydrogen-bond donors (Lipinski definition) is 0. The van der Waals surface area contributed by atoms with Crippen molar-refractivity contribution in [3.05, 3.63) is 62.8 Å². The molecule has 0 aliphatic carbocycles. The van der Waals surface area contributed by atoms with Crippen LogP contribution in [0, 0.1) is 18.2 Å². The highest BCUT2D eigenvalue weighted by Gasteiger charge is 2.11. The van der Waals surface area contributed by atoms with Crippen molar-refractivity contribution in [3.8, 4) is 18.1 Å². The lowest BCUT2D eigenvalue weighted by Crippen LogP contribution is -2.05. The van der Waals surface area contributed by atoms with Gasteiger partial charge in [-0.2, -0.15) is 0 Å². The van der Waals surface area contributed by atoms with Crippen molar-refractivity contribution in [2.75, 3.05) is 6.61 Å². The second-order valence-corrected chi connectivity index (χ2v) is 5.71. The number of terminal acetylenes is 1. The van der Waals surface area contributed by atoms with Gasteiger partial charge in [-0.05, 0) is 46.3 Å². The van der Waals surface area contributed by atoms with Gasteiger partial charge in [0.25, 0.3) is 0 Å². The first kappa shape index (κ1) is 17.3. The second kappa shape index (κ2) is 8.00. The first-order chi connectivity index (χ1) is 11.0. The van der Waals surface area contributed by atoms with E-state index in [1.54, 1.807) is 24.3 Å². The van der Waals surface area contributed by atoms with E-state index in [4.69, 9.17) is 27.5 Å². The van der Waals surface area contributed by atoms with Gasteiger partial charge in [0.05, 0.1) is 15.1 Å². The number of benzene rings is 2.